The van der Waals surface area contributed by atoms with E-state index in [9.17, 15) is 8.78 Å². The van der Waals surface area contributed by atoms with Crippen molar-refractivity contribution in [2.24, 2.45) is 0 Å². The molecule has 10 heteroatoms. The molecule has 1 N–H and O–H groups in total. The predicted molar refractivity (Wildman–Crippen MR) is 127 cm³/mol. The highest BCUT2D eigenvalue weighted by molar-refractivity contribution is 5.73. The summed E-state index contributed by atoms with van der Waals surface area (Å²) in [5.74, 6) is -0.208. The van der Waals surface area contributed by atoms with Gasteiger partial charge in [0.1, 0.15) is 12.3 Å². The Morgan fingerprint density at radius 1 is 1.12 bits per heavy atom. The van der Waals surface area contributed by atoms with Gasteiger partial charge in [0.15, 0.2) is 23.2 Å². The summed E-state index contributed by atoms with van der Waals surface area (Å²) < 4.78 is 37.1. The maximum atomic E-state index is 14.9. The minimum Gasteiger partial charge on any atom is -0.486 e. The lowest BCUT2D eigenvalue weighted by molar-refractivity contribution is 0.212. The number of benzene rings is 1. The first kappa shape index (κ1) is 22.5. The summed E-state index contributed by atoms with van der Waals surface area (Å²) in [6, 6.07) is 5.32. The highest BCUT2D eigenvalue weighted by atomic mass is 19.1. The fourth-order valence-electron chi connectivity index (χ4n) is 4.59. The van der Waals surface area contributed by atoms with Crippen molar-refractivity contribution in [3.05, 3.63) is 42.2 Å². The predicted octanol–water partition coefficient (Wildman–Crippen LogP) is 4.24. The van der Waals surface area contributed by atoms with Crippen LogP contribution in [0.1, 0.15) is 32.7 Å². The zero-order valence-electron chi connectivity index (χ0n) is 19.6. The van der Waals surface area contributed by atoms with E-state index in [4.69, 9.17) is 4.74 Å². The molecule has 2 aromatic heterocycles. The molecular formula is C24H29F2N7O. The Balaban J connectivity index is 1.41. The number of halogens is 2. The number of fused-ring (bicyclic) bond motifs is 1. The lowest BCUT2D eigenvalue weighted by Crippen LogP contribution is -2.38. The largest absolute Gasteiger partial charge is 0.486 e. The van der Waals surface area contributed by atoms with E-state index in [1.165, 1.54) is 6.07 Å². The molecule has 0 aliphatic carbocycles. The molecule has 2 aliphatic heterocycles. The van der Waals surface area contributed by atoms with Crippen LogP contribution in [0.4, 0.5) is 26.2 Å². The second-order valence-electron chi connectivity index (χ2n) is 9.17. The summed E-state index contributed by atoms with van der Waals surface area (Å²) in [5.41, 5.74) is 0.941. The van der Waals surface area contributed by atoms with Gasteiger partial charge in [0.05, 0.1) is 24.5 Å². The molecule has 3 aromatic rings. The molecule has 1 aromatic carbocycles. The quantitative estimate of drug-likeness (QED) is 0.599. The summed E-state index contributed by atoms with van der Waals surface area (Å²) >= 11 is 0. The summed E-state index contributed by atoms with van der Waals surface area (Å²) in [6.45, 7) is 7.16. The zero-order valence-corrected chi connectivity index (χ0v) is 19.6. The molecule has 0 radical (unpaired) electrons. The summed E-state index contributed by atoms with van der Waals surface area (Å²) in [5, 5.41) is 7.66. The Bertz CT molecular complexity index is 1170. The van der Waals surface area contributed by atoms with E-state index < -0.39 is 11.6 Å². The average molecular weight is 470 g/mol. The minimum absolute atomic E-state index is 0.0169. The third-order valence-corrected chi connectivity index (χ3v) is 6.46. The van der Waals surface area contributed by atoms with E-state index in [0.717, 1.165) is 32.1 Å². The number of anilines is 3. The lowest BCUT2D eigenvalue weighted by Gasteiger charge is -2.34. The monoisotopic (exact) mass is 469 g/mol. The van der Waals surface area contributed by atoms with E-state index in [2.05, 4.69) is 32.3 Å². The molecular weight excluding hydrogens is 440 g/mol. The van der Waals surface area contributed by atoms with E-state index >= 15 is 0 Å². The molecule has 2 aliphatic rings. The molecule has 0 bridgehead atoms. The molecule has 34 heavy (non-hydrogen) atoms. The molecule has 1 saturated heterocycles. The van der Waals surface area contributed by atoms with E-state index in [1.54, 1.807) is 6.07 Å². The van der Waals surface area contributed by atoms with Crippen LogP contribution in [0.3, 0.4) is 0 Å². The van der Waals surface area contributed by atoms with Gasteiger partial charge in [0, 0.05) is 23.9 Å². The van der Waals surface area contributed by atoms with Crippen molar-refractivity contribution in [1.29, 1.82) is 0 Å². The van der Waals surface area contributed by atoms with E-state index in [1.807, 2.05) is 35.7 Å². The number of likely N-dealkylation sites (tertiary alicyclic amines) is 1. The normalized spacial score (nSPS) is 17.1. The highest BCUT2D eigenvalue weighted by Crippen LogP contribution is 2.39. The first-order valence-corrected chi connectivity index (χ1v) is 11.7. The summed E-state index contributed by atoms with van der Waals surface area (Å²) in [7, 11) is 2.12. The molecule has 0 unspecified atom stereocenters. The number of nitrogens with zero attached hydrogens (tertiary/aromatic N) is 6. The first-order chi connectivity index (χ1) is 16.4. The zero-order chi connectivity index (χ0) is 23.8. The number of nitrogens with one attached hydrogen (secondary N) is 1. The van der Waals surface area contributed by atoms with Gasteiger partial charge in [0.2, 0.25) is 5.95 Å². The van der Waals surface area contributed by atoms with Gasteiger partial charge in [0.25, 0.3) is 0 Å². The van der Waals surface area contributed by atoms with Crippen molar-refractivity contribution < 1.29 is 13.5 Å². The number of rotatable bonds is 5. The van der Waals surface area contributed by atoms with Crippen molar-refractivity contribution in [2.75, 3.05) is 43.5 Å². The molecule has 4 heterocycles. The maximum Gasteiger partial charge on any atom is 0.229 e. The second kappa shape index (κ2) is 9.17. The van der Waals surface area contributed by atoms with Gasteiger partial charge in [-0.2, -0.15) is 5.10 Å². The molecule has 0 amide bonds. The Morgan fingerprint density at radius 2 is 1.91 bits per heavy atom. The van der Waals surface area contributed by atoms with E-state index in [-0.39, 0.29) is 23.4 Å². The van der Waals surface area contributed by atoms with E-state index in [0.29, 0.717) is 36.3 Å². The van der Waals surface area contributed by atoms with Crippen molar-refractivity contribution in [2.45, 2.75) is 38.8 Å². The average Bonchev–Trinajstić information content (AvgIpc) is 3.28. The fourth-order valence-corrected chi connectivity index (χ4v) is 4.59. The standard InChI is InChI=1S/C24H29F2N7O/c1-15(2)32-10-11-34-23-18(25)12-16(13-20(23)32)22-19(26)14-27-24(29-22)28-21-6-9-33(30-21)17-4-7-31(3)8-5-17/h6,9,12-15,17H,4-5,7-8,10-11H2,1-3H3,(H,27,28,29,30). The fraction of sp³-hybridized carbons (Fsp3) is 0.458. The third kappa shape index (κ3) is 4.42. The van der Waals surface area contributed by atoms with Crippen molar-refractivity contribution in [1.82, 2.24) is 24.6 Å². The number of hydrogen-bond donors (Lipinski definition) is 1. The van der Waals surface area contributed by atoms with Gasteiger partial charge in [-0.3, -0.25) is 4.68 Å². The number of hydrogen-bond acceptors (Lipinski definition) is 7. The van der Waals surface area contributed by atoms with Crippen LogP contribution in [-0.2, 0) is 0 Å². The lowest BCUT2D eigenvalue weighted by atomic mass is 10.1. The smallest absolute Gasteiger partial charge is 0.229 e. The third-order valence-electron chi connectivity index (χ3n) is 6.46. The van der Waals surface area contributed by atoms with Crippen LogP contribution >= 0.6 is 0 Å². The molecule has 8 nitrogen and oxygen atoms in total. The summed E-state index contributed by atoms with van der Waals surface area (Å²) in [4.78, 5) is 12.8. The van der Waals surface area contributed by atoms with Crippen LogP contribution in [0.2, 0.25) is 0 Å². The molecule has 180 valence electrons. The molecule has 0 saturated carbocycles. The number of ether oxygens (including phenoxy) is 1. The Labute approximate surface area is 197 Å². The molecule has 1 fully saturated rings. The van der Waals surface area contributed by atoms with Gasteiger partial charge < -0.3 is 19.9 Å². The van der Waals surface area contributed by atoms with Crippen LogP contribution in [0.15, 0.2) is 30.6 Å². The second-order valence-corrected chi connectivity index (χ2v) is 9.17. The Hall–Kier alpha value is -3.27. The van der Waals surface area contributed by atoms with Gasteiger partial charge in [-0.1, -0.05) is 0 Å². The van der Waals surface area contributed by atoms with Gasteiger partial charge >= 0.3 is 0 Å². The van der Waals surface area contributed by atoms with Gasteiger partial charge in [-0.05, 0) is 59.0 Å². The number of aromatic nitrogens is 4. The van der Waals surface area contributed by atoms with Gasteiger partial charge in [-0.25, -0.2) is 18.7 Å². The van der Waals surface area contributed by atoms with Crippen molar-refractivity contribution in [3.8, 4) is 17.0 Å². The van der Waals surface area contributed by atoms with Crippen molar-refractivity contribution >= 4 is 17.5 Å². The van der Waals surface area contributed by atoms with Crippen molar-refractivity contribution in [3.63, 3.8) is 0 Å². The summed E-state index contributed by atoms with van der Waals surface area (Å²) in [6.07, 6.45) is 5.10. The Kier molecular flexibility index (Phi) is 6.07. The molecule has 0 spiro atoms. The topological polar surface area (TPSA) is 71.3 Å². The van der Waals surface area contributed by atoms with Crippen LogP contribution < -0.4 is 15.0 Å². The maximum absolute atomic E-state index is 14.9. The van der Waals surface area contributed by atoms with Crippen LogP contribution in [0.5, 0.6) is 5.75 Å². The van der Waals surface area contributed by atoms with Crippen LogP contribution in [0.25, 0.3) is 11.3 Å². The van der Waals surface area contributed by atoms with Crippen LogP contribution in [0, 0.1) is 11.6 Å². The highest BCUT2D eigenvalue weighted by Gasteiger charge is 2.26. The number of piperidine rings is 1. The Morgan fingerprint density at radius 3 is 2.68 bits per heavy atom. The minimum atomic E-state index is -0.630. The first-order valence-electron chi connectivity index (χ1n) is 11.7. The molecule has 5 rings (SSSR count). The molecule has 0 atom stereocenters. The van der Waals surface area contributed by atoms with Crippen LogP contribution in [-0.4, -0.2) is 64.0 Å². The SMILES string of the molecule is CC(C)N1CCOc2c(F)cc(-c3nc(Nc4ccn(C5CCN(C)CC5)n4)ncc3F)cc21. The van der Waals surface area contributed by atoms with Gasteiger partial charge in [-0.15, -0.1) is 0 Å².